The fourth-order valence-electron chi connectivity index (χ4n) is 1.96. The van der Waals surface area contributed by atoms with E-state index >= 15 is 0 Å². The van der Waals surface area contributed by atoms with Crippen LogP contribution in [-0.4, -0.2) is 40.1 Å². The molecule has 2 heterocycles. The van der Waals surface area contributed by atoms with E-state index in [-0.39, 0.29) is 18.6 Å². The van der Waals surface area contributed by atoms with Crippen molar-refractivity contribution in [3.63, 3.8) is 0 Å². The lowest BCUT2D eigenvalue weighted by Gasteiger charge is -2.22. The van der Waals surface area contributed by atoms with Crippen molar-refractivity contribution in [2.45, 2.75) is 32.7 Å². The minimum Gasteiger partial charge on any atom is -0.394 e. The Morgan fingerprint density at radius 3 is 2.94 bits per heavy atom. The number of rotatable bonds is 3. The number of hydrogen-bond donors (Lipinski definition) is 1. The van der Waals surface area contributed by atoms with Crippen LogP contribution in [0.15, 0.2) is 12.2 Å². The Morgan fingerprint density at radius 1 is 1.67 bits per heavy atom. The summed E-state index contributed by atoms with van der Waals surface area (Å²) < 4.78 is 0. The number of aromatic nitrogens is 1. The van der Waals surface area contributed by atoms with Gasteiger partial charge in [0.1, 0.15) is 4.88 Å². The summed E-state index contributed by atoms with van der Waals surface area (Å²) in [6.07, 6.45) is 3.79. The monoisotopic (exact) mass is 266 g/mol. The predicted octanol–water partition coefficient (Wildman–Crippen LogP) is 1.95. The molecule has 1 N–H and O–H groups in total. The van der Waals surface area contributed by atoms with Gasteiger partial charge in [0.25, 0.3) is 5.91 Å². The van der Waals surface area contributed by atoms with Gasteiger partial charge in [0, 0.05) is 12.5 Å². The second kappa shape index (κ2) is 5.20. The van der Waals surface area contributed by atoms with E-state index in [0.717, 1.165) is 10.7 Å². The SMILES string of the molecule is Cc1nc(C(C)C)sc1C(=O)N1CC=C[C@H]1CO. The van der Waals surface area contributed by atoms with Crippen molar-refractivity contribution in [2.24, 2.45) is 0 Å². The molecule has 98 valence electrons. The quantitative estimate of drug-likeness (QED) is 0.851. The van der Waals surface area contributed by atoms with Gasteiger partial charge in [-0.15, -0.1) is 11.3 Å². The summed E-state index contributed by atoms with van der Waals surface area (Å²) >= 11 is 1.46. The zero-order chi connectivity index (χ0) is 13.3. The summed E-state index contributed by atoms with van der Waals surface area (Å²) in [5, 5.41) is 10.2. The van der Waals surface area contributed by atoms with Crippen LogP contribution in [0.4, 0.5) is 0 Å². The standard InChI is InChI=1S/C13H18N2O2S/c1-8(2)12-14-9(3)11(18-12)13(17)15-6-4-5-10(15)7-16/h4-5,8,10,16H,6-7H2,1-3H3/t10-/m0/s1. The van der Waals surface area contributed by atoms with Crippen LogP contribution >= 0.6 is 11.3 Å². The van der Waals surface area contributed by atoms with Crippen molar-refractivity contribution in [1.29, 1.82) is 0 Å². The molecule has 5 heteroatoms. The van der Waals surface area contributed by atoms with Gasteiger partial charge in [0.05, 0.1) is 23.4 Å². The van der Waals surface area contributed by atoms with Crippen LogP contribution in [0.2, 0.25) is 0 Å². The second-order valence-electron chi connectivity index (χ2n) is 4.76. The molecule has 0 fully saturated rings. The van der Waals surface area contributed by atoms with Gasteiger partial charge in [-0.2, -0.15) is 0 Å². The highest BCUT2D eigenvalue weighted by Crippen LogP contribution is 2.27. The van der Waals surface area contributed by atoms with Gasteiger partial charge in [-0.1, -0.05) is 26.0 Å². The molecular weight excluding hydrogens is 248 g/mol. The first-order valence-corrected chi connectivity index (χ1v) is 6.92. The third-order valence-corrected chi connectivity index (χ3v) is 4.46. The van der Waals surface area contributed by atoms with Crippen molar-refractivity contribution in [3.8, 4) is 0 Å². The van der Waals surface area contributed by atoms with Crippen molar-refractivity contribution in [3.05, 3.63) is 27.7 Å². The maximum atomic E-state index is 12.4. The Kier molecular flexibility index (Phi) is 3.82. The highest BCUT2D eigenvalue weighted by atomic mass is 32.1. The van der Waals surface area contributed by atoms with Gasteiger partial charge in [0.2, 0.25) is 0 Å². The zero-order valence-electron chi connectivity index (χ0n) is 10.9. The van der Waals surface area contributed by atoms with E-state index in [1.807, 2.05) is 19.1 Å². The van der Waals surface area contributed by atoms with E-state index in [1.54, 1.807) is 4.90 Å². The van der Waals surface area contributed by atoms with Gasteiger partial charge < -0.3 is 10.0 Å². The van der Waals surface area contributed by atoms with Crippen LogP contribution in [-0.2, 0) is 0 Å². The third-order valence-electron chi connectivity index (χ3n) is 3.01. The number of aliphatic hydroxyl groups excluding tert-OH is 1. The topological polar surface area (TPSA) is 53.4 Å². The molecule has 0 saturated carbocycles. The fourth-order valence-corrected chi connectivity index (χ4v) is 2.98. The smallest absolute Gasteiger partial charge is 0.266 e. The van der Waals surface area contributed by atoms with Crippen molar-refractivity contribution in [1.82, 2.24) is 9.88 Å². The van der Waals surface area contributed by atoms with Crippen LogP contribution in [0, 0.1) is 6.92 Å². The summed E-state index contributed by atoms with van der Waals surface area (Å²) in [5.74, 6) is 0.307. The molecule has 0 radical (unpaired) electrons. The summed E-state index contributed by atoms with van der Waals surface area (Å²) in [6, 6.07) is -0.193. The highest BCUT2D eigenvalue weighted by molar-refractivity contribution is 7.13. The Morgan fingerprint density at radius 2 is 2.39 bits per heavy atom. The molecule has 1 aromatic heterocycles. The van der Waals surface area contributed by atoms with Gasteiger partial charge >= 0.3 is 0 Å². The summed E-state index contributed by atoms with van der Waals surface area (Å²) in [4.78, 5) is 19.2. The van der Waals surface area contributed by atoms with E-state index in [9.17, 15) is 9.90 Å². The van der Waals surface area contributed by atoms with Crippen LogP contribution in [0.1, 0.15) is 40.1 Å². The van der Waals surface area contributed by atoms with Crippen molar-refractivity contribution < 1.29 is 9.90 Å². The molecule has 1 atom stereocenters. The van der Waals surface area contributed by atoms with Crippen LogP contribution < -0.4 is 0 Å². The predicted molar refractivity (Wildman–Crippen MR) is 72.0 cm³/mol. The van der Waals surface area contributed by atoms with E-state index < -0.39 is 0 Å². The number of carbonyl (C=O) groups is 1. The molecule has 1 amide bonds. The van der Waals surface area contributed by atoms with Crippen LogP contribution in [0.3, 0.4) is 0 Å². The second-order valence-corrected chi connectivity index (χ2v) is 5.79. The maximum absolute atomic E-state index is 12.4. The first-order chi connectivity index (χ1) is 8.54. The Labute approximate surface area is 111 Å². The molecule has 0 spiro atoms. The molecule has 0 aliphatic carbocycles. The molecule has 4 nitrogen and oxygen atoms in total. The average molecular weight is 266 g/mol. The minimum atomic E-state index is -0.193. The van der Waals surface area contributed by atoms with E-state index in [4.69, 9.17) is 0 Å². The third kappa shape index (κ3) is 2.33. The lowest BCUT2D eigenvalue weighted by atomic mass is 10.2. The number of nitrogens with zero attached hydrogens (tertiary/aromatic N) is 2. The molecule has 2 rings (SSSR count). The maximum Gasteiger partial charge on any atom is 0.266 e. The minimum absolute atomic E-state index is 0.0269. The van der Waals surface area contributed by atoms with Crippen LogP contribution in [0.25, 0.3) is 0 Å². The number of thiazole rings is 1. The molecule has 18 heavy (non-hydrogen) atoms. The lowest BCUT2D eigenvalue weighted by molar-refractivity contribution is 0.0704. The summed E-state index contributed by atoms with van der Waals surface area (Å²) in [5.41, 5.74) is 0.789. The number of amides is 1. The first kappa shape index (κ1) is 13.2. The van der Waals surface area contributed by atoms with Crippen molar-refractivity contribution in [2.75, 3.05) is 13.2 Å². The first-order valence-electron chi connectivity index (χ1n) is 6.10. The molecular formula is C13H18N2O2S. The van der Waals surface area contributed by atoms with Crippen molar-refractivity contribution >= 4 is 17.2 Å². The molecule has 0 bridgehead atoms. The summed E-state index contributed by atoms with van der Waals surface area (Å²) in [7, 11) is 0. The fraction of sp³-hybridized carbons (Fsp3) is 0.538. The average Bonchev–Trinajstić information content (AvgIpc) is 2.93. The Hall–Kier alpha value is -1.20. The molecule has 1 aliphatic heterocycles. The molecule has 1 aliphatic rings. The molecule has 0 unspecified atom stereocenters. The highest BCUT2D eigenvalue weighted by Gasteiger charge is 2.28. The van der Waals surface area contributed by atoms with Gasteiger partial charge in [-0.05, 0) is 6.92 Å². The van der Waals surface area contributed by atoms with E-state index in [1.165, 1.54) is 11.3 Å². The Balaban J connectivity index is 2.24. The number of aliphatic hydroxyl groups is 1. The lowest BCUT2D eigenvalue weighted by Crippen LogP contribution is -2.38. The van der Waals surface area contributed by atoms with E-state index in [0.29, 0.717) is 17.3 Å². The molecule has 0 saturated heterocycles. The zero-order valence-corrected chi connectivity index (χ0v) is 11.7. The number of carbonyl (C=O) groups excluding carboxylic acids is 1. The Bertz CT molecular complexity index is 479. The summed E-state index contributed by atoms with van der Waals surface area (Å²) in [6.45, 7) is 6.55. The largest absolute Gasteiger partial charge is 0.394 e. The number of hydrogen-bond acceptors (Lipinski definition) is 4. The van der Waals surface area contributed by atoms with Crippen LogP contribution in [0.5, 0.6) is 0 Å². The van der Waals surface area contributed by atoms with Gasteiger partial charge in [-0.3, -0.25) is 4.79 Å². The van der Waals surface area contributed by atoms with Gasteiger partial charge in [-0.25, -0.2) is 4.98 Å². The number of aryl methyl sites for hydroxylation is 1. The van der Waals surface area contributed by atoms with E-state index in [2.05, 4.69) is 18.8 Å². The molecule has 0 aromatic carbocycles. The van der Waals surface area contributed by atoms with Gasteiger partial charge in [0.15, 0.2) is 0 Å². The molecule has 1 aromatic rings. The normalized spacial score (nSPS) is 18.9.